The van der Waals surface area contributed by atoms with Gasteiger partial charge in [-0.1, -0.05) is 0 Å². The number of halogens is 1. The molecule has 0 bridgehead atoms. The number of hydrogen-bond acceptors (Lipinski definition) is 7. The number of anilines is 1. The van der Waals surface area contributed by atoms with E-state index < -0.39 is 18.4 Å². The summed E-state index contributed by atoms with van der Waals surface area (Å²) in [5, 5.41) is 22.0. The summed E-state index contributed by atoms with van der Waals surface area (Å²) < 4.78 is 8.02. The van der Waals surface area contributed by atoms with Crippen LogP contribution in [0.25, 0.3) is 11.2 Å². The molecule has 0 amide bonds. The highest BCUT2D eigenvalue weighted by molar-refractivity contribution is 9.10. The van der Waals surface area contributed by atoms with Crippen LogP contribution in [0.15, 0.2) is 10.9 Å². The van der Waals surface area contributed by atoms with Crippen molar-refractivity contribution in [2.75, 3.05) is 19.0 Å². The summed E-state index contributed by atoms with van der Waals surface area (Å²) in [5.41, 5.74) is 1.22. The summed E-state index contributed by atoms with van der Waals surface area (Å²) in [6.45, 7) is -0.224. The Balaban J connectivity index is 2.09. The first-order valence-corrected chi connectivity index (χ1v) is 6.95. The van der Waals surface area contributed by atoms with Crippen molar-refractivity contribution in [3.05, 3.63) is 10.9 Å². The van der Waals surface area contributed by atoms with Crippen molar-refractivity contribution in [2.24, 2.45) is 0 Å². The third kappa shape index (κ3) is 2.06. The molecule has 0 saturated carbocycles. The molecule has 1 aliphatic heterocycles. The molecule has 1 fully saturated rings. The second kappa shape index (κ2) is 5.24. The lowest BCUT2D eigenvalue weighted by molar-refractivity contribution is -0.0425. The van der Waals surface area contributed by atoms with E-state index in [4.69, 9.17) is 4.74 Å². The number of aliphatic hydroxyl groups is 2. The molecule has 2 aromatic rings. The number of fused-ring (bicyclic) bond motifs is 1. The van der Waals surface area contributed by atoms with E-state index in [0.717, 1.165) is 0 Å². The monoisotopic (exact) mass is 343 g/mol. The van der Waals surface area contributed by atoms with E-state index in [2.05, 4.69) is 36.2 Å². The lowest BCUT2D eigenvalue weighted by Crippen LogP contribution is -2.24. The molecule has 9 heteroatoms. The SMILES string of the molecule is CNc1nc2c(Br)ncnc2n1[C@@H]1C[C@@H](O)[C@H](CO)O1. The molecule has 3 N–H and O–H groups in total. The maximum atomic E-state index is 9.87. The van der Waals surface area contributed by atoms with Gasteiger partial charge in [-0.15, -0.1) is 0 Å². The standard InChI is InChI=1S/C11H14BrN5O3/c1-13-11-16-8-9(12)14-4-15-10(8)17(11)7-2-5(19)6(3-18)20-7/h4-7,18-19H,2-3H2,1H3,(H,13,16)/t5-,6+,7+/m1/s1. The molecule has 1 aliphatic rings. The van der Waals surface area contributed by atoms with E-state index in [-0.39, 0.29) is 6.61 Å². The first-order chi connectivity index (χ1) is 9.65. The Labute approximate surface area is 122 Å². The van der Waals surface area contributed by atoms with Crippen LogP contribution in [0.4, 0.5) is 5.95 Å². The lowest BCUT2D eigenvalue weighted by Gasteiger charge is -2.16. The van der Waals surface area contributed by atoms with Gasteiger partial charge in [0.15, 0.2) is 5.65 Å². The van der Waals surface area contributed by atoms with E-state index in [1.54, 1.807) is 11.6 Å². The zero-order chi connectivity index (χ0) is 14.3. The van der Waals surface area contributed by atoms with Gasteiger partial charge in [0.1, 0.15) is 28.8 Å². The molecular formula is C11H14BrN5O3. The number of rotatable bonds is 3. The fraction of sp³-hybridized carbons (Fsp3) is 0.545. The predicted octanol–water partition coefficient (Wildman–Crippen LogP) is 0.271. The third-order valence-electron chi connectivity index (χ3n) is 3.33. The van der Waals surface area contributed by atoms with E-state index in [1.165, 1.54) is 6.33 Å². The van der Waals surface area contributed by atoms with Gasteiger partial charge in [0.25, 0.3) is 0 Å². The molecule has 3 atom stereocenters. The van der Waals surface area contributed by atoms with E-state index >= 15 is 0 Å². The van der Waals surface area contributed by atoms with Crippen molar-refractivity contribution in [1.82, 2.24) is 19.5 Å². The van der Waals surface area contributed by atoms with E-state index in [0.29, 0.717) is 28.1 Å². The van der Waals surface area contributed by atoms with Crippen LogP contribution in [-0.4, -0.2) is 55.6 Å². The van der Waals surface area contributed by atoms with Gasteiger partial charge in [-0.25, -0.2) is 15.0 Å². The third-order valence-corrected chi connectivity index (χ3v) is 3.91. The van der Waals surface area contributed by atoms with Crippen LogP contribution >= 0.6 is 15.9 Å². The van der Waals surface area contributed by atoms with Crippen molar-refractivity contribution >= 4 is 33.0 Å². The molecular weight excluding hydrogens is 330 g/mol. The molecule has 1 saturated heterocycles. The topological polar surface area (TPSA) is 105 Å². The second-order valence-electron chi connectivity index (χ2n) is 4.51. The summed E-state index contributed by atoms with van der Waals surface area (Å²) in [5.74, 6) is 0.567. The van der Waals surface area contributed by atoms with Crippen molar-refractivity contribution in [1.29, 1.82) is 0 Å². The molecule has 0 spiro atoms. The van der Waals surface area contributed by atoms with E-state index in [9.17, 15) is 10.2 Å². The highest BCUT2D eigenvalue weighted by Crippen LogP contribution is 2.34. The Morgan fingerprint density at radius 1 is 1.55 bits per heavy atom. The quantitative estimate of drug-likeness (QED) is 0.687. The highest BCUT2D eigenvalue weighted by atomic mass is 79.9. The zero-order valence-corrected chi connectivity index (χ0v) is 12.3. The summed E-state index contributed by atoms with van der Waals surface area (Å²) in [6, 6.07) is 0. The molecule has 0 aliphatic carbocycles. The van der Waals surface area contributed by atoms with Gasteiger partial charge in [-0.05, 0) is 15.9 Å². The molecule has 0 aromatic carbocycles. The fourth-order valence-corrected chi connectivity index (χ4v) is 2.73. The van der Waals surface area contributed by atoms with Crippen LogP contribution in [0, 0.1) is 0 Å². The molecule has 8 nitrogen and oxygen atoms in total. The normalized spacial score (nSPS) is 26.3. The van der Waals surface area contributed by atoms with Crippen LogP contribution in [-0.2, 0) is 4.74 Å². The van der Waals surface area contributed by atoms with Crippen molar-refractivity contribution in [3.63, 3.8) is 0 Å². The zero-order valence-electron chi connectivity index (χ0n) is 10.7. The minimum atomic E-state index is -0.711. The Kier molecular flexibility index (Phi) is 3.59. The number of aliphatic hydroxyl groups excluding tert-OH is 2. The minimum absolute atomic E-state index is 0.224. The molecule has 3 heterocycles. The lowest BCUT2D eigenvalue weighted by atomic mass is 10.2. The molecule has 0 unspecified atom stereocenters. The van der Waals surface area contributed by atoms with Gasteiger partial charge in [-0.2, -0.15) is 0 Å². The first kappa shape index (κ1) is 13.7. The summed E-state index contributed by atoms with van der Waals surface area (Å²) in [7, 11) is 1.74. The number of nitrogens with one attached hydrogen (secondary N) is 1. The van der Waals surface area contributed by atoms with Gasteiger partial charge < -0.3 is 20.3 Å². The van der Waals surface area contributed by atoms with E-state index in [1.807, 2.05) is 0 Å². The fourth-order valence-electron chi connectivity index (χ4n) is 2.37. The van der Waals surface area contributed by atoms with Gasteiger partial charge in [0.2, 0.25) is 5.95 Å². The largest absolute Gasteiger partial charge is 0.394 e. The molecule has 3 rings (SSSR count). The van der Waals surface area contributed by atoms with Crippen molar-refractivity contribution in [3.8, 4) is 0 Å². The van der Waals surface area contributed by atoms with Crippen LogP contribution in [0.5, 0.6) is 0 Å². The number of hydrogen-bond donors (Lipinski definition) is 3. The average Bonchev–Trinajstić information content (AvgIpc) is 2.99. The Morgan fingerprint density at radius 2 is 2.35 bits per heavy atom. The van der Waals surface area contributed by atoms with Crippen LogP contribution < -0.4 is 5.32 Å². The maximum Gasteiger partial charge on any atom is 0.207 e. The molecule has 20 heavy (non-hydrogen) atoms. The summed E-state index contributed by atoms with van der Waals surface area (Å²) in [4.78, 5) is 12.7. The second-order valence-corrected chi connectivity index (χ2v) is 5.26. The number of imidazole rings is 1. The van der Waals surface area contributed by atoms with Crippen LogP contribution in [0.3, 0.4) is 0 Å². The van der Waals surface area contributed by atoms with Crippen LogP contribution in [0.1, 0.15) is 12.6 Å². The predicted molar refractivity (Wildman–Crippen MR) is 74.2 cm³/mol. The smallest absolute Gasteiger partial charge is 0.207 e. The number of aromatic nitrogens is 4. The van der Waals surface area contributed by atoms with Gasteiger partial charge >= 0.3 is 0 Å². The summed E-state index contributed by atoms with van der Waals surface area (Å²) in [6.07, 6.45) is 0.0626. The Hall–Kier alpha value is -1.29. The average molecular weight is 344 g/mol. The van der Waals surface area contributed by atoms with Gasteiger partial charge in [-0.3, -0.25) is 4.57 Å². The Bertz CT molecular complexity index is 634. The summed E-state index contributed by atoms with van der Waals surface area (Å²) >= 11 is 3.33. The Morgan fingerprint density at radius 3 is 3.00 bits per heavy atom. The minimum Gasteiger partial charge on any atom is -0.394 e. The molecule has 0 radical (unpaired) electrons. The van der Waals surface area contributed by atoms with Gasteiger partial charge in [0, 0.05) is 13.5 Å². The maximum absolute atomic E-state index is 9.87. The number of ether oxygens (including phenoxy) is 1. The van der Waals surface area contributed by atoms with Crippen molar-refractivity contribution < 1.29 is 14.9 Å². The molecule has 108 valence electrons. The van der Waals surface area contributed by atoms with Crippen LogP contribution in [0.2, 0.25) is 0 Å². The first-order valence-electron chi connectivity index (χ1n) is 6.16. The van der Waals surface area contributed by atoms with Crippen molar-refractivity contribution in [2.45, 2.75) is 24.9 Å². The number of nitrogens with zero attached hydrogens (tertiary/aromatic N) is 4. The van der Waals surface area contributed by atoms with Gasteiger partial charge in [0.05, 0.1) is 12.7 Å². The highest BCUT2D eigenvalue weighted by Gasteiger charge is 2.36. The molecule has 2 aromatic heterocycles.